The van der Waals surface area contributed by atoms with Gasteiger partial charge in [-0.1, -0.05) is 76.6 Å². The highest BCUT2D eigenvalue weighted by molar-refractivity contribution is 9.10. The zero-order chi connectivity index (χ0) is 20.8. The second-order valence-electron chi connectivity index (χ2n) is 6.57. The fourth-order valence-electron chi connectivity index (χ4n) is 3.37. The van der Waals surface area contributed by atoms with Crippen LogP contribution in [0.5, 0.6) is 5.75 Å². The third-order valence-electron chi connectivity index (χ3n) is 4.83. The number of hydrogen-bond donors (Lipinski definition) is 0. The Morgan fingerprint density at radius 3 is 1.90 bits per heavy atom. The molecule has 3 rings (SSSR count). The van der Waals surface area contributed by atoms with Crippen LogP contribution in [0.15, 0.2) is 84.9 Å². The highest BCUT2D eigenvalue weighted by Gasteiger charge is 2.42. The topological polar surface area (TPSA) is 69.4 Å². The van der Waals surface area contributed by atoms with Crippen molar-refractivity contribution in [3.05, 3.63) is 112 Å². The maximum Gasteiger partial charge on any atom is 0.246 e. The summed E-state index contributed by atoms with van der Waals surface area (Å²) < 4.78 is 5.14. The number of Topliss-reactive ketones (excluding diaryl/α,β-unsaturated/α-hetero) is 1. The van der Waals surface area contributed by atoms with Crippen LogP contribution in [0.3, 0.4) is 0 Å². The van der Waals surface area contributed by atoms with Gasteiger partial charge in [0, 0.05) is 16.1 Å². The van der Waals surface area contributed by atoms with Crippen LogP contribution < -0.4 is 4.74 Å². The first-order chi connectivity index (χ1) is 14.0. The van der Waals surface area contributed by atoms with E-state index in [-0.39, 0.29) is 10.7 Å². The first-order valence-electron chi connectivity index (χ1n) is 9.08. The minimum atomic E-state index is -1.08. The zero-order valence-corrected chi connectivity index (χ0v) is 17.4. The van der Waals surface area contributed by atoms with E-state index in [0.29, 0.717) is 16.9 Å². The van der Waals surface area contributed by atoms with Crippen LogP contribution in [0.1, 0.15) is 33.4 Å². The molecular weight excluding hydrogens is 434 g/mol. The van der Waals surface area contributed by atoms with E-state index in [1.165, 1.54) is 0 Å². The van der Waals surface area contributed by atoms with Crippen molar-refractivity contribution >= 4 is 21.7 Å². The monoisotopic (exact) mass is 453 g/mol. The zero-order valence-electron chi connectivity index (χ0n) is 15.8. The minimum absolute atomic E-state index is 0.218. The number of ether oxygens (including phenoxy) is 1. The molecule has 3 aromatic rings. The summed E-state index contributed by atoms with van der Waals surface area (Å²) in [6.45, 7) is 0. The van der Waals surface area contributed by atoms with Gasteiger partial charge in [-0.05, 0) is 29.8 Å². The summed E-state index contributed by atoms with van der Waals surface area (Å²) in [6, 6.07) is 23.6. The van der Waals surface area contributed by atoms with Crippen LogP contribution in [-0.2, 0) is 0 Å². The van der Waals surface area contributed by atoms with E-state index in [1.54, 1.807) is 55.6 Å². The van der Waals surface area contributed by atoms with Crippen molar-refractivity contribution in [3.63, 3.8) is 0 Å². The van der Waals surface area contributed by atoms with Gasteiger partial charge < -0.3 is 4.74 Å². The number of alkyl halides is 1. The van der Waals surface area contributed by atoms with E-state index in [4.69, 9.17) is 4.74 Å². The van der Waals surface area contributed by atoms with Crippen LogP contribution in [0.4, 0.5) is 0 Å². The van der Waals surface area contributed by atoms with E-state index in [9.17, 15) is 14.9 Å². The summed E-state index contributed by atoms with van der Waals surface area (Å²) >= 11 is 3.50. The minimum Gasteiger partial charge on any atom is -0.497 e. The molecule has 0 unspecified atom stereocenters. The number of ketones is 1. The average Bonchev–Trinajstić information content (AvgIpc) is 2.77. The number of methoxy groups -OCH3 is 1. The van der Waals surface area contributed by atoms with Gasteiger partial charge in [0.15, 0.2) is 5.78 Å². The van der Waals surface area contributed by atoms with Gasteiger partial charge in [0.2, 0.25) is 6.04 Å². The second kappa shape index (κ2) is 9.47. The SMILES string of the molecule is COc1ccc(C(=O)[C@@H](Br)[C@H](c2ccccc2)[C@@H](c2ccccc2)[N+](=O)[O-])cc1. The Balaban J connectivity index is 2.04. The Hall–Kier alpha value is -2.99. The van der Waals surface area contributed by atoms with Gasteiger partial charge >= 0.3 is 0 Å². The molecule has 0 N–H and O–H groups in total. The molecule has 0 heterocycles. The predicted molar refractivity (Wildman–Crippen MR) is 115 cm³/mol. The number of carbonyl (C=O) groups is 1. The Morgan fingerprint density at radius 1 is 0.897 bits per heavy atom. The van der Waals surface area contributed by atoms with E-state index in [2.05, 4.69) is 15.9 Å². The lowest BCUT2D eigenvalue weighted by molar-refractivity contribution is -0.533. The molecule has 0 aliphatic carbocycles. The van der Waals surface area contributed by atoms with Gasteiger partial charge in [-0.2, -0.15) is 0 Å². The van der Waals surface area contributed by atoms with Crippen LogP contribution in [-0.4, -0.2) is 22.6 Å². The molecule has 0 aliphatic rings. The molecule has 0 saturated carbocycles. The molecule has 0 amide bonds. The highest BCUT2D eigenvalue weighted by atomic mass is 79.9. The van der Waals surface area contributed by atoms with Gasteiger partial charge in [0.05, 0.1) is 17.9 Å². The maximum atomic E-state index is 13.2. The molecule has 0 spiro atoms. The smallest absolute Gasteiger partial charge is 0.246 e. The number of carbonyl (C=O) groups excluding carboxylic acids is 1. The van der Waals surface area contributed by atoms with E-state index >= 15 is 0 Å². The number of rotatable bonds is 8. The lowest BCUT2D eigenvalue weighted by Gasteiger charge is -2.25. The Bertz CT molecular complexity index is 961. The number of halogens is 1. The summed E-state index contributed by atoms with van der Waals surface area (Å²) in [5.74, 6) is -0.271. The third-order valence-corrected chi connectivity index (χ3v) is 5.82. The fraction of sp³-hybridized carbons (Fsp3) is 0.174. The van der Waals surface area contributed by atoms with Gasteiger partial charge in [0.1, 0.15) is 5.75 Å². The van der Waals surface area contributed by atoms with Crippen molar-refractivity contribution in [2.45, 2.75) is 16.8 Å². The summed E-state index contributed by atoms with van der Waals surface area (Å²) in [5, 5.41) is 12.1. The molecular formula is C23H20BrNO4. The standard InChI is InChI=1S/C23H20BrNO4/c1-29-19-14-12-18(13-15-19)23(26)21(24)20(16-8-4-2-5-9-16)22(25(27)28)17-10-6-3-7-11-17/h2-15,20-22H,1H3/t20-,21-,22+/m0/s1. The molecule has 5 nitrogen and oxygen atoms in total. The average molecular weight is 454 g/mol. The Labute approximate surface area is 177 Å². The molecule has 0 saturated heterocycles. The number of nitrogens with zero attached hydrogens (tertiary/aromatic N) is 1. The lowest BCUT2D eigenvalue weighted by atomic mass is 9.82. The molecule has 3 aromatic carbocycles. The first-order valence-corrected chi connectivity index (χ1v) is 10.00. The summed E-state index contributed by atoms with van der Waals surface area (Å²) in [5.41, 5.74) is 1.74. The molecule has 29 heavy (non-hydrogen) atoms. The number of nitro groups is 1. The molecule has 0 aromatic heterocycles. The van der Waals surface area contributed by atoms with Crippen LogP contribution >= 0.6 is 15.9 Å². The van der Waals surface area contributed by atoms with Gasteiger partial charge in [-0.25, -0.2) is 0 Å². The fourth-order valence-corrected chi connectivity index (χ4v) is 4.23. The lowest BCUT2D eigenvalue weighted by Crippen LogP contribution is -2.31. The van der Waals surface area contributed by atoms with E-state index < -0.39 is 16.8 Å². The summed E-state index contributed by atoms with van der Waals surface area (Å²) in [7, 11) is 1.55. The number of hydrogen-bond acceptors (Lipinski definition) is 4. The summed E-state index contributed by atoms with van der Waals surface area (Å²) in [6.07, 6.45) is 0. The largest absolute Gasteiger partial charge is 0.497 e. The molecule has 0 fully saturated rings. The number of benzene rings is 3. The Morgan fingerprint density at radius 2 is 1.41 bits per heavy atom. The Kier molecular flexibility index (Phi) is 6.77. The molecule has 148 valence electrons. The van der Waals surface area contributed by atoms with Crippen LogP contribution in [0.25, 0.3) is 0 Å². The normalized spacial score (nSPS) is 13.9. The molecule has 3 atom stereocenters. The van der Waals surface area contributed by atoms with Crippen LogP contribution in [0, 0.1) is 10.1 Å². The quantitative estimate of drug-likeness (QED) is 0.197. The van der Waals surface area contributed by atoms with Crippen molar-refractivity contribution in [3.8, 4) is 5.75 Å². The van der Waals surface area contributed by atoms with Crippen molar-refractivity contribution < 1.29 is 14.5 Å². The molecule has 0 radical (unpaired) electrons. The van der Waals surface area contributed by atoms with Crippen LogP contribution in [0.2, 0.25) is 0 Å². The van der Waals surface area contributed by atoms with E-state index in [0.717, 1.165) is 5.56 Å². The summed E-state index contributed by atoms with van der Waals surface area (Å²) in [4.78, 5) is 24.2. The predicted octanol–water partition coefficient (Wildman–Crippen LogP) is 5.44. The highest BCUT2D eigenvalue weighted by Crippen LogP contribution is 2.40. The van der Waals surface area contributed by atoms with E-state index in [1.807, 2.05) is 36.4 Å². The van der Waals surface area contributed by atoms with Crippen molar-refractivity contribution in [1.82, 2.24) is 0 Å². The third kappa shape index (κ3) is 4.71. The molecule has 0 aliphatic heterocycles. The first kappa shape index (κ1) is 20.7. The second-order valence-corrected chi connectivity index (χ2v) is 7.56. The molecule has 0 bridgehead atoms. The van der Waals surface area contributed by atoms with Crippen molar-refractivity contribution in [2.24, 2.45) is 0 Å². The van der Waals surface area contributed by atoms with Gasteiger partial charge in [-0.3, -0.25) is 14.9 Å². The van der Waals surface area contributed by atoms with Gasteiger partial charge in [0.25, 0.3) is 0 Å². The maximum absolute atomic E-state index is 13.2. The van der Waals surface area contributed by atoms with Gasteiger partial charge in [-0.15, -0.1) is 0 Å². The molecule has 6 heteroatoms. The van der Waals surface area contributed by atoms with Crippen molar-refractivity contribution in [1.29, 1.82) is 0 Å². The van der Waals surface area contributed by atoms with Crippen molar-refractivity contribution in [2.75, 3.05) is 7.11 Å².